The Bertz CT molecular complexity index is 1010. The second kappa shape index (κ2) is 8.45. The molecule has 2 aliphatic rings. The first-order chi connectivity index (χ1) is 15.2. The Morgan fingerprint density at radius 3 is 2.50 bits per heavy atom. The third kappa shape index (κ3) is 4.16. The molecular formula is C25H34N6O. The first-order valence-electron chi connectivity index (χ1n) is 11.4. The first kappa shape index (κ1) is 22.1. The van der Waals surface area contributed by atoms with E-state index in [0.29, 0.717) is 18.5 Å². The third-order valence-electron chi connectivity index (χ3n) is 6.68. The number of nitrogens with zero attached hydrogens (tertiary/aromatic N) is 5. The Hall–Kier alpha value is -3.09. The van der Waals surface area contributed by atoms with E-state index in [1.807, 2.05) is 64.0 Å². The summed E-state index contributed by atoms with van der Waals surface area (Å²) in [6.07, 6.45) is 6.49. The minimum absolute atomic E-state index is 0.0979. The standard InChI is InChI=1S/C25H34N6O/c1-17(2)29(5)19-13-11-18(12-14-19)27-24-26-15-21-22(28-24)31(20-9-7-8-10-20)16-25(3,4)23(32)30(21)6/h11-15,20H,1,7-10,16H2,2-6H3,(H,26,27,28). The van der Waals surface area contributed by atoms with Crippen molar-refractivity contribution in [1.82, 2.24) is 9.97 Å². The summed E-state index contributed by atoms with van der Waals surface area (Å²) in [6.45, 7) is 10.7. The van der Waals surface area contributed by atoms with Crippen LogP contribution in [0.25, 0.3) is 0 Å². The van der Waals surface area contributed by atoms with Gasteiger partial charge in [-0.15, -0.1) is 0 Å². The normalized spacial score (nSPS) is 18.3. The largest absolute Gasteiger partial charge is 0.351 e. The zero-order valence-corrected chi connectivity index (χ0v) is 19.9. The van der Waals surface area contributed by atoms with Crippen molar-refractivity contribution in [2.45, 2.75) is 52.5 Å². The van der Waals surface area contributed by atoms with Crippen LogP contribution >= 0.6 is 0 Å². The molecular weight excluding hydrogens is 400 g/mol. The summed E-state index contributed by atoms with van der Waals surface area (Å²) in [4.78, 5) is 28.7. The summed E-state index contributed by atoms with van der Waals surface area (Å²) in [5.41, 5.74) is 3.25. The maximum Gasteiger partial charge on any atom is 0.234 e. The maximum absolute atomic E-state index is 13.1. The Morgan fingerprint density at radius 2 is 1.88 bits per heavy atom. The number of aromatic nitrogens is 2. The zero-order valence-electron chi connectivity index (χ0n) is 19.9. The molecule has 1 saturated carbocycles. The van der Waals surface area contributed by atoms with E-state index in [0.717, 1.165) is 41.4 Å². The summed E-state index contributed by atoms with van der Waals surface area (Å²) in [6, 6.07) is 8.52. The number of hydrogen-bond donors (Lipinski definition) is 1. The van der Waals surface area contributed by atoms with Gasteiger partial charge in [-0.2, -0.15) is 4.98 Å². The Morgan fingerprint density at radius 1 is 1.22 bits per heavy atom. The fraction of sp³-hybridized carbons (Fsp3) is 0.480. The molecule has 1 fully saturated rings. The van der Waals surface area contributed by atoms with E-state index < -0.39 is 5.41 Å². The molecule has 1 aliphatic carbocycles. The van der Waals surface area contributed by atoms with Crippen LogP contribution in [0.15, 0.2) is 42.7 Å². The van der Waals surface area contributed by atoms with E-state index in [9.17, 15) is 4.79 Å². The van der Waals surface area contributed by atoms with Crippen molar-refractivity contribution < 1.29 is 4.79 Å². The Balaban J connectivity index is 1.66. The van der Waals surface area contributed by atoms with E-state index >= 15 is 0 Å². The summed E-state index contributed by atoms with van der Waals surface area (Å²) >= 11 is 0. The second-order valence-corrected chi connectivity index (χ2v) is 9.68. The van der Waals surface area contributed by atoms with Gasteiger partial charge in [-0.05, 0) is 57.9 Å². The van der Waals surface area contributed by atoms with E-state index in [-0.39, 0.29) is 5.91 Å². The van der Waals surface area contributed by atoms with Gasteiger partial charge in [0.15, 0.2) is 5.82 Å². The van der Waals surface area contributed by atoms with Gasteiger partial charge in [0.25, 0.3) is 0 Å². The highest BCUT2D eigenvalue weighted by Gasteiger charge is 2.41. The minimum Gasteiger partial charge on any atom is -0.351 e. The minimum atomic E-state index is -0.489. The van der Waals surface area contributed by atoms with Gasteiger partial charge in [0.05, 0.1) is 11.6 Å². The van der Waals surface area contributed by atoms with Crippen molar-refractivity contribution in [2.24, 2.45) is 5.41 Å². The Labute approximate surface area is 191 Å². The van der Waals surface area contributed by atoms with Crippen LogP contribution < -0.4 is 20.0 Å². The van der Waals surface area contributed by atoms with Gasteiger partial charge in [-0.25, -0.2) is 4.98 Å². The van der Waals surface area contributed by atoms with Crippen LogP contribution in [0.2, 0.25) is 0 Å². The number of fused-ring (bicyclic) bond motifs is 1. The Kier molecular flexibility index (Phi) is 5.84. The van der Waals surface area contributed by atoms with Crippen molar-refractivity contribution in [3.8, 4) is 0 Å². The van der Waals surface area contributed by atoms with Crippen LogP contribution in [0.3, 0.4) is 0 Å². The predicted molar refractivity (Wildman–Crippen MR) is 132 cm³/mol. The van der Waals surface area contributed by atoms with Crippen LogP contribution in [-0.4, -0.2) is 42.6 Å². The van der Waals surface area contributed by atoms with E-state index in [2.05, 4.69) is 21.8 Å². The summed E-state index contributed by atoms with van der Waals surface area (Å²) < 4.78 is 0. The lowest BCUT2D eigenvalue weighted by atomic mass is 9.91. The van der Waals surface area contributed by atoms with Crippen LogP contribution in [0.4, 0.5) is 28.8 Å². The van der Waals surface area contributed by atoms with Crippen LogP contribution in [-0.2, 0) is 4.79 Å². The molecule has 1 aromatic carbocycles. The second-order valence-electron chi connectivity index (χ2n) is 9.68. The molecule has 1 aromatic heterocycles. The van der Waals surface area contributed by atoms with Crippen LogP contribution in [0.5, 0.6) is 0 Å². The predicted octanol–water partition coefficient (Wildman–Crippen LogP) is 4.94. The molecule has 0 bridgehead atoms. The van der Waals surface area contributed by atoms with Crippen molar-refractivity contribution in [3.05, 3.63) is 42.7 Å². The quantitative estimate of drug-likeness (QED) is 0.719. The molecule has 32 heavy (non-hydrogen) atoms. The summed E-state index contributed by atoms with van der Waals surface area (Å²) in [5, 5.41) is 3.33. The number of allylic oxidation sites excluding steroid dienone is 1. The molecule has 170 valence electrons. The highest BCUT2D eigenvalue weighted by molar-refractivity contribution is 6.00. The van der Waals surface area contributed by atoms with Gasteiger partial charge in [0.2, 0.25) is 11.9 Å². The molecule has 0 spiro atoms. The van der Waals surface area contributed by atoms with Crippen molar-refractivity contribution in [1.29, 1.82) is 0 Å². The topological polar surface area (TPSA) is 64.6 Å². The van der Waals surface area contributed by atoms with Crippen molar-refractivity contribution in [3.63, 3.8) is 0 Å². The van der Waals surface area contributed by atoms with E-state index in [1.54, 1.807) is 11.1 Å². The van der Waals surface area contributed by atoms with Crippen LogP contribution in [0.1, 0.15) is 46.5 Å². The lowest BCUT2D eigenvalue weighted by Crippen LogP contribution is -2.45. The molecule has 4 rings (SSSR count). The third-order valence-corrected chi connectivity index (χ3v) is 6.68. The molecule has 0 unspecified atom stereocenters. The molecule has 0 atom stereocenters. The van der Waals surface area contributed by atoms with Crippen LogP contribution in [0, 0.1) is 5.41 Å². The summed E-state index contributed by atoms with van der Waals surface area (Å²) in [5.74, 6) is 1.48. The number of nitrogens with one attached hydrogen (secondary N) is 1. The molecule has 7 heteroatoms. The van der Waals surface area contributed by atoms with Gasteiger partial charge in [-0.1, -0.05) is 19.4 Å². The maximum atomic E-state index is 13.1. The lowest BCUT2D eigenvalue weighted by molar-refractivity contribution is -0.125. The summed E-state index contributed by atoms with van der Waals surface area (Å²) in [7, 11) is 3.82. The van der Waals surface area contributed by atoms with Crippen molar-refractivity contribution >= 4 is 34.7 Å². The molecule has 2 heterocycles. The average molecular weight is 435 g/mol. The lowest BCUT2D eigenvalue weighted by Gasteiger charge is -2.34. The number of amides is 1. The van der Waals surface area contributed by atoms with E-state index in [1.165, 1.54) is 12.8 Å². The molecule has 1 amide bonds. The highest BCUT2D eigenvalue weighted by Crippen LogP contribution is 2.40. The monoisotopic (exact) mass is 434 g/mol. The average Bonchev–Trinajstić information content (AvgIpc) is 3.29. The zero-order chi connectivity index (χ0) is 23.0. The molecule has 2 aromatic rings. The highest BCUT2D eigenvalue weighted by atomic mass is 16.2. The number of anilines is 5. The molecule has 0 radical (unpaired) electrons. The SMILES string of the molecule is C=C(C)N(C)c1ccc(Nc2ncc3c(n2)N(C2CCCC2)CC(C)(C)C(=O)N3C)cc1. The number of benzene rings is 1. The van der Waals surface area contributed by atoms with Gasteiger partial charge < -0.3 is 20.0 Å². The fourth-order valence-electron chi connectivity index (χ4n) is 4.64. The van der Waals surface area contributed by atoms with Gasteiger partial charge in [0.1, 0.15) is 5.69 Å². The number of rotatable bonds is 5. The fourth-order valence-corrected chi connectivity index (χ4v) is 4.64. The molecule has 7 nitrogen and oxygen atoms in total. The number of carbonyl (C=O) groups is 1. The molecule has 1 N–H and O–H groups in total. The van der Waals surface area contributed by atoms with Gasteiger partial charge in [-0.3, -0.25) is 4.79 Å². The number of carbonyl (C=O) groups excluding carboxylic acids is 1. The van der Waals surface area contributed by atoms with Gasteiger partial charge >= 0.3 is 0 Å². The molecule has 0 saturated heterocycles. The number of hydrogen-bond acceptors (Lipinski definition) is 6. The smallest absolute Gasteiger partial charge is 0.234 e. The van der Waals surface area contributed by atoms with E-state index in [4.69, 9.17) is 4.98 Å². The van der Waals surface area contributed by atoms with Gasteiger partial charge in [0, 0.05) is 43.8 Å². The molecule has 1 aliphatic heterocycles. The first-order valence-corrected chi connectivity index (χ1v) is 11.4. The van der Waals surface area contributed by atoms with Crippen molar-refractivity contribution in [2.75, 3.05) is 40.7 Å².